The summed E-state index contributed by atoms with van der Waals surface area (Å²) in [6, 6.07) is 33.1. The van der Waals surface area contributed by atoms with Crippen LogP contribution < -0.4 is 83.4 Å². The number of fused-ring (bicyclic) bond motifs is 8. The van der Waals surface area contributed by atoms with E-state index >= 15 is 0 Å². The SMILES string of the molecule is CC(C)OC(=O)[C@@H](C)N[P@@](=O)(OC[C@]12CO[C@](C)([C@@H]1O)[C@H](n1ccc(=O)[nH]c1=O)O2)Oc1ccccc1.CC(C)OC(=O)[C@@H](C)N[P@](=O)(OC[C@]12CO[C@](C)([C@@H]1O)[C@H](n1ccc(=O)[nH]c1=O)O2)Oc1ccccc1.CC(C)OC(=O)[C@H](C)N[P@@](=O)(OC[C@]12CO[C@](C)([C@@H]1O)[C@H](n1ccc(=O)[nH]c1=O)O2)Oc1ccccc1.CC(C)OC(=O)[C@H](C)N[P@](=O)(OC[C@]12CO[C@](C)([C@@H]1O)[C@H](n1ccc(=O)[nH]c1=O)O2)Oc1ccccc1. The van der Waals surface area contributed by atoms with Gasteiger partial charge in [0, 0.05) is 49.1 Å². The lowest BCUT2D eigenvalue weighted by Gasteiger charge is -2.34. The van der Waals surface area contributed by atoms with Gasteiger partial charge in [-0.2, -0.15) is 20.3 Å². The molecule has 12 N–H and O–H groups in total. The Bertz CT molecular complexity index is 5990. The van der Waals surface area contributed by atoms with Gasteiger partial charge in [0.25, 0.3) is 22.2 Å². The van der Waals surface area contributed by atoms with Gasteiger partial charge in [0.15, 0.2) is 24.9 Å². The summed E-state index contributed by atoms with van der Waals surface area (Å²) < 4.78 is 173. The topological polar surface area (TPSA) is 670 Å². The van der Waals surface area contributed by atoms with Crippen molar-refractivity contribution in [1.29, 1.82) is 0 Å². The highest BCUT2D eigenvalue weighted by Crippen LogP contribution is 2.60. The number of H-pyrrole nitrogens is 4. The fourth-order valence-electron chi connectivity index (χ4n) is 16.9. The highest BCUT2D eigenvalue weighted by molar-refractivity contribution is 7.53. The van der Waals surface area contributed by atoms with Gasteiger partial charge >= 0.3 is 77.6 Å². The molecule has 8 bridgehead atoms. The number of benzene rings is 4. The molecular weight excluding hydrogens is 2040 g/mol. The van der Waals surface area contributed by atoms with Crippen molar-refractivity contribution in [1.82, 2.24) is 58.6 Å². The molecule has 0 amide bonds. The predicted molar refractivity (Wildman–Crippen MR) is 516 cm³/mol. The van der Waals surface area contributed by atoms with Crippen molar-refractivity contribution < 1.29 is 151 Å². The van der Waals surface area contributed by atoms with Gasteiger partial charge in [-0.05, 0) is 159 Å². The number of aromatic amines is 4. The van der Waals surface area contributed by atoms with Crippen molar-refractivity contribution >= 4 is 54.9 Å². The smallest absolute Gasteiger partial charge is 0.459 e. The fourth-order valence-corrected chi connectivity index (χ4v) is 23.1. The molecule has 4 aromatic heterocycles. The lowest BCUT2D eigenvalue weighted by molar-refractivity contribution is -0.212. The van der Waals surface area contributed by atoms with E-state index < -0.39 is 269 Å². The van der Waals surface area contributed by atoms with Crippen LogP contribution in [0.2, 0.25) is 0 Å². The summed E-state index contributed by atoms with van der Waals surface area (Å²) in [5, 5.41) is 54.8. The number of rotatable bonds is 40. The molecule has 0 saturated carbocycles. The Kier molecular flexibility index (Phi) is 35.1. The summed E-state index contributed by atoms with van der Waals surface area (Å²) in [4.78, 5) is 153. The molecule has 8 fully saturated rings. The number of nitrogens with one attached hydrogen (secondary N) is 8. The molecule has 0 spiro atoms. The monoisotopic (exact) mass is 2160 g/mol. The van der Waals surface area contributed by atoms with Gasteiger partial charge in [0.05, 0.1) is 77.3 Å². The van der Waals surface area contributed by atoms with Crippen LogP contribution in [0.4, 0.5) is 0 Å². The number of hydrogen-bond acceptors (Lipinski definition) is 40. The van der Waals surface area contributed by atoms with Crippen molar-refractivity contribution in [2.75, 3.05) is 52.9 Å². The van der Waals surface area contributed by atoms with Crippen LogP contribution in [0.25, 0.3) is 0 Å². The molecule has 24 atom stereocenters. The van der Waals surface area contributed by atoms with Gasteiger partial charge in [-0.1, -0.05) is 72.8 Å². The van der Waals surface area contributed by atoms with E-state index in [0.29, 0.717) is 0 Å². The van der Waals surface area contributed by atoms with Crippen LogP contribution in [0.1, 0.15) is 136 Å². The van der Waals surface area contributed by atoms with Crippen molar-refractivity contribution in [3.63, 3.8) is 0 Å². The van der Waals surface area contributed by atoms with Crippen LogP contribution in [-0.4, -0.2) is 253 Å². The molecule has 4 aromatic carbocycles. The van der Waals surface area contributed by atoms with Crippen LogP contribution in [0.15, 0.2) is 209 Å². The van der Waals surface area contributed by atoms with Crippen LogP contribution in [0, 0.1) is 0 Å². The minimum absolute atomic E-state index is 0.143. The highest BCUT2D eigenvalue weighted by atomic mass is 31.2. The number of carbonyl (C=O) groups is 4. The quantitative estimate of drug-likeness (QED) is 0.0144. The summed E-state index contributed by atoms with van der Waals surface area (Å²) in [6.45, 7) is 22.9. The van der Waals surface area contributed by atoms with E-state index in [1.54, 1.807) is 204 Å². The first-order chi connectivity index (χ1) is 69.5. The lowest BCUT2D eigenvalue weighted by atomic mass is 9.92. The zero-order valence-corrected chi connectivity index (χ0v) is 86.7. The van der Waals surface area contributed by atoms with Crippen molar-refractivity contribution in [2.24, 2.45) is 0 Å². The van der Waals surface area contributed by atoms with E-state index in [-0.39, 0.29) is 49.4 Å². The van der Waals surface area contributed by atoms with Gasteiger partial charge in [-0.15, -0.1) is 0 Å². The van der Waals surface area contributed by atoms with E-state index in [1.807, 2.05) is 0 Å². The zero-order valence-electron chi connectivity index (χ0n) is 83.1. The molecule has 8 aliphatic heterocycles. The third-order valence-electron chi connectivity index (χ3n) is 24.5. The van der Waals surface area contributed by atoms with E-state index in [4.69, 9.17) is 93.0 Å². The molecule has 8 aliphatic rings. The van der Waals surface area contributed by atoms with E-state index in [0.717, 1.165) is 42.5 Å². The summed E-state index contributed by atoms with van der Waals surface area (Å²) in [5.41, 5.74) is -17.0. The van der Waals surface area contributed by atoms with Crippen molar-refractivity contribution in [3.05, 3.63) is 254 Å². The molecule has 8 aromatic rings. The van der Waals surface area contributed by atoms with E-state index in [1.165, 1.54) is 52.5 Å². The number of carbonyl (C=O) groups excluding carboxylic acids is 4. The number of aliphatic hydroxyl groups is 4. The first-order valence-corrected chi connectivity index (χ1v) is 52.8. The fraction of sp³-hybridized carbons (Fsp3) is 0.522. The predicted octanol–water partition coefficient (Wildman–Crippen LogP) is 4.35. The molecule has 56 heteroatoms. The molecule has 16 rings (SSSR count). The largest absolute Gasteiger partial charge is 0.462 e. The Morgan fingerprint density at radius 2 is 0.493 bits per heavy atom. The van der Waals surface area contributed by atoms with Crippen LogP contribution in [0.5, 0.6) is 23.0 Å². The Balaban J connectivity index is 0.000000165. The Morgan fingerprint density at radius 3 is 0.655 bits per heavy atom. The number of aliphatic hydroxyl groups excluding tert-OH is 4. The molecule has 12 heterocycles. The van der Waals surface area contributed by atoms with Gasteiger partial charge < -0.3 is 95.4 Å². The first-order valence-electron chi connectivity index (χ1n) is 46.6. The molecule has 808 valence electrons. The van der Waals surface area contributed by atoms with Gasteiger partial charge in [0.1, 0.15) is 116 Å². The van der Waals surface area contributed by atoms with Gasteiger partial charge in [-0.3, -0.25) is 94.7 Å². The Morgan fingerprint density at radius 1 is 0.318 bits per heavy atom. The number of para-hydroxylation sites is 4. The number of nitrogens with zero attached hydrogens (tertiary/aromatic N) is 4. The van der Waals surface area contributed by atoms with Gasteiger partial charge in [-0.25, -0.2) is 37.4 Å². The second kappa shape index (κ2) is 45.5. The average molecular weight is 2160 g/mol. The second-order valence-electron chi connectivity index (χ2n) is 37.8. The molecule has 148 heavy (non-hydrogen) atoms. The van der Waals surface area contributed by atoms with Crippen LogP contribution in [0.3, 0.4) is 0 Å². The molecule has 0 radical (unpaired) electrons. The van der Waals surface area contributed by atoms with E-state index in [2.05, 4.69) is 40.3 Å². The van der Waals surface area contributed by atoms with Crippen molar-refractivity contribution in [2.45, 2.75) is 253 Å². The molecular formula is C92H120N12O40P4. The number of aromatic nitrogens is 8. The zero-order chi connectivity index (χ0) is 108. The molecule has 0 aliphatic carbocycles. The number of hydrogen-bond donors (Lipinski definition) is 12. The Labute approximate surface area is 843 Å². The highest BCUT2D eigenvalue weighted by Gasteiger charge is 2.74. The third-order valence-corrected chi connectivity index (χ3v) is 31.0. The second-order valence-corrected chi connectivity index (χ2v) is 44.5. The van der Waals surface area contributed by atoms with Crippen molar-refractivity contribution in [3.8, 4) is 23.0 Å². The van der Waals surface area contributed by atoms with Crippen LogP contribution in [-0.2, 0) is 112 Å². The summed E-state index contributed by atoms with van der Waals surface area (Å²) in [7, 11) is -17.0. The summed E-state index contributed by atoms with van der Waals surface area (Å²) in [5.74, 6) is -1.84. The maximum Gasteiger partial charge on any atom is 0.459 e. The Hall–Kier alpha value is -11.2. The summed E-state index contributed by atoms with van der Waals surface area (Å²) >= 11 is 0. The minimum atomic E-state index is -4.25. The number of ether oxygens (including phenoxy) is 12. The van der Waals surface area contributed by atoms with E-state index in [9.17, 15) is 96.2 Å². The first kappa shape index (κ1) is 114. The van der Waals surface area contributed by atoms with Crippen LogP contribution >= 0.6 is 31.0 Å². The molecule has 8 saturated heterocycles. The number of esters is 4. The third kappa shape index (κ3) is 25.3. The molecule has 52 nitrogen and oxygen atoms in total. The standard InChI is InChI=1S/4C23H30N3O10P/c4*1-14(2)34-18(28)15(3)25-37(31,36-16-8-6-5-7-9-16)33-13-23-12-32-22(4,19(23)29)20(35-23)26-11-10-17(27)24-21(26)30/h4*5-11,14-15,19-20,29H,12-13H2,1-4H3,(H,25,31)(H,24,27,30)/t15-,19+,20-,22-,23-,37+;15-,19+,20-,22-,23-,37-;15-,19-,20+,22+,23+,37+;15-,19-,20+,22+,23+,37-/m1100/s1. The normalized spacial score (nSPS) is 29.1. The van der Waals surface area contributed by atoms with Gasteiger partial charge in [0.2, 0.25) is 0 Å². The lowest BCUT2D eigenvalue weighted by Crippen LogP contribution is -2.46. The maximum absolute atomic E-state index is 13.8. The summed E-state index contributed by atoms with van der Waals surface area (Å²) in [6.07, 6.45) is -6.36. The molecule has 0 unspecified atom stereocenters. The minimum Gasteiger partial charge on any atom is -0.462 e. The maximum atomic E-state index is 13.8. The average Bonchev–Trinajstić information content (AvgIpc) is 1.56.